The second kappa shape index (κ2) is 9.36. The molecule has 12 heteroatoms. The molecule has 190 valence electrons. The predicted molar refractivity (Wildman–Crippen MR) is 118 cm³/mol. The molecule has 0 saturated heterocycles. The smallest absolute Gasteiger partial charge is 0.415 e. The number of halogens is 5. The van der Waals surface area contributed by atoms with Crippen LogP contribution in [0, 0.1) is 0 Å². The fraction of sp³-hybridized carbons (Fsp3) is 0.200. The lowest BCUT2D eigenvalue weighted by Gasteiger charge is -2.32. The first-order valence-electron chi connectivity index (χ1n) is 11.0. The van der Waals surface area contributed by atoms with Crippen LogP contribution in [0.15, 0.2) is 71.3 Å². The molecule has 2 aromatic carbocycles. The average molecular weight is 516 g/mol. The number of aliphatic hydroxyl groups is 1. The van der Waals surface area contributed by atoms with Gasteiger partial charge < -0.3 is 14.4 Å². The number of nitrogens with zero attached hydrogens (tertiary/aromatic N) is 4. The Bertz CT molecular complexity index is 1420. The number of aromatic nitrogens is 3. The summed E-state index contributed by atoms with van der Waals surface area (Å²) >= 11 is 0. The summed E-state index contributed by atoms with van der Waals surface area (Å²) in [6.07, 6.45) is -7.90. The van der Waals surface area contributed by atoms with E-state index in [1.54, 1.807) is 36.4 Å². The van der Waals surface area contributed by atoms with E-state index in [-0.39, 0.29) is 29.1 Å². The lowest BCUT2D eigenvalue weighted by atomic mass is 9.95. The maximum absolute atomic E-state index is 13.5. The molecular formula is C25H17F5N4O3. The average Bonchev–Trinajstić information content (AvgIpc) is 3.50. The van der Waals surface area contributed by atoms with E-state index in [9.17, 15) is 31.9 Å². The van der Waals surface area contributed by atoms with Gasteiger partial charge in [0.15, 0.2) is 0 Å². The summed E-state index contributed by atoms with van der Waals surface area (Å²) in [6.45, 7) is 0.0378. The van der Waals surface area contributed by atoms with Gasteiger partial charge in [-0.25, -0.2) is 0 Å². The van der Waals surface area contributed by atoms with E-state index in [1.165, 1.54) is 23.1 Å². The molecule has 0 saturated carbocycles. The molecule has 7 nitrogen and oxygen atoms in total. The van der Waals surface area contributed by atoms with Gasteiger partial charge >= 0.3 is 12.6 Å². The summed E-state index contributed by atoms with van der Waals surface area (Å²) in [4.78, 5) is 18.3. The first-order valence-corrected chi connectivity index (χ1v) is 11.0. The van der Waals surface area contributed by atoms with Crippen molar-refractivity contribution in [2.75, 3.05) is 0 Å². The number of carbonyl (C=O) groups is 1. The summed E-state index contributed by atoms with van der Waals surface area (Å²) in [6, 6.07) is 13.8. The van der Waals surface area contributed by atoms with Gasteiger partial charge in [0.05, 0.1) is 6.04 Å². The summed E-state index contributed by atoms with van der Waals surface area (Å²) in [7, 11) is 0. The Morgan fingerprint density at radius 3 is 2.35 bits per heavy atom. The van der Waals surface area contributed by atoms with E-state index < -0.39 is 42.2 Å². The fourth-order valence-corrected chi connectivity index (χ4v) is 4.23. The molecule has 2 aromatic heterocycles. The van der Waals surface area contributed by atoms with Gasteiger partial charge in [0.1, 0.15) is 11.8 Å². The van der Waals surface area contributed by atoms with Crippen LogP contribution in [0.5, 0.6) is 0 Å². The standard InChI is InChI=1S/C25H17F5N4O3/c26-21(27)23-33-32-22(37-23)14-6-7-16-12-34(24(36)17(16)10-14)19(20(35)13-4-2-1-3-5-13)15-8-9-18(31-11-15)25(28,29)30/h1-11,19-21,35H,12H2. The molecule has 37 heavy (non-hydrogen) atoms. The maximum Gasteiger partial charge on any atom is 0.433 e. The van der Waals surface area contributed by atoms with Gasteiger partial charge in [-0.1, -0.05) is 42.5 Å². The molecule has 1 aliphatic rings. The van der Waals surface area contributed by atoms with Gasteiger partial charge in [0.25, 0.3) is 11.8 Å². The molecule has 0 bridgehead atoms. The minimum atomic E-state index is -4.65. The van der Waals surface area contributed by atoms with Gasteiger partial charge in [0.2, 0.25) is 5.89 Å². The van der Waals surface area contributed by atoms with Gasteiger partial charge in [-0.2, -0.15) is 22.0 Å². The number of hydrogen-bond acceptors (Lipinski definition) is 6. The maximum atomic E-state index is 13.5. The molecule has 2 atom stereocenters. The summed E-state index contributed by atoms with van der Waals surface area (Å²) in [5.41, 5.74) is 0.552. The molecule has 5 rings (SSSR count). The number of alkyl halides is 5. The summed E-state index contributed by atoms with van der Waals surface area (Å²) in [5.74, 6) is -1.58. The van der Waals surface area contributed by atoms with Crippen LogP contribution < -0.4 is 0 Å². The van der Waals surface area contributed by atoms with Crippen molar-refractivity contribution < 1.29 is 36.3 Å². The zero-order valence-electron chi connectivity index (χ0n) is 18.7. The van der Waals surface area contributed by atoms with E-state index in [4.69, 9.17) is 4.42 Å². The van der Waals surface area contributed by atoms with Crippen molar-refractivity contribution in [3.63, 3.8) is 0 Å². The SMILES string of the molecule is O=C1c2cc(-c3nnc(C(F)F)o3)ccc2CN1C(c1ccc(C(F)(F)F)nc1)C(O)c1ccccc1. The molecule has 1 N–H and O–H groups in total. The summed E-state index contributed by atoms with van der Waals surface area (Å²) < 4.78 is 69.9. The fourth-order valence-electron chi connectivity index (χ4n) is 4.23. The largest absolute Gasteiger partial charge is 0.433 e. The van der Waals surface area contributed by atoms with E-state index in [0.717, 1.165) is 12.3 Å². The zero-order chi connectivity index (χ0) is 26.3. The van der Waals surface area contributed by atoms with Crippen molar-refractivity contribution in [1.29, 1.82) is 0 Å². The monoisotopic (exact) mass is 516 g/mol. The Labute approximate surface area is 206 Å². The number of benzene rings is 2. The number of pyridine rings is 1. The number of fused-ring (bicyclic) bond motifs is 1. The Morgan fingerprint density at radius 1 is 0.973 bits per heavy atom. The third-order valence-corrected chi connectivity index (χ3v) is 6.01. The predicted octanol–water partition coefficient (Wildman–Crippen LogP) is 5.52. The highest BCUT2D eigenvalue weighted by Gasteiger charge is 2.39. The van der Waals surface area contributed by atoms with Crippen LogP contribution in [0.1, 0.15) is 57.2 Å². The Hall–Kier alpha value is -4.19. The van der Waals surface area contributed by atoms with Gasteiger partial charge in [-0.05, 0) is 34.9 Å². The first kappa shape index (κ1) is 24.5. The number of amides is 1. The zero-order valence-corrected chi connectivity index (χ0v) is 18.7. The van der Waals surface area contributed by atoms with E-state index in [1.807, 2.05) is 0 Å². The van der Waals surface area contributed by atoms with Crippen molar-refractivity contribution >= 4 is 5.91 Å². The van der Waals surface area contributed by atoms with Crippen molar-refractivity contribution in [1.82, 2.24) is 20.1 Å². The molecule has 3 heterocycles. The molecule has 0 spiro atoms. The second-order valence-corrected chi connectivity index (χ2v) is 8.33. The van der Waals surface area contributed by atoms with Crippen LogP contribution in [0.25, 0.3) is 11.5 Å². The quantitative estimate of drug-likeness (QED) is 0.340. The highest BCUT2D eigenvalue weighted by molar-refractivity contribution is 5.99. The molecule has 0 radical (unpaired) electrons. The first-order chi connectivity index (χ1) is 17.6. The van der Waals surface area contributed by atoms with Crippen LogP contribution in [0.3, 0.4) is 0 Å². The van der Waals surface area contributed by atoms with Crippen LogP contribution in [-0.2, 0) is 12.7 Å². The third kappa shape index (κ3) is 4.67. The van der Waals surface area contributed by atoms with Gasteiger partial charge in [0, 0.05) is 23.9 Å². The highest BCUT2D eigenvalue weighted by atomic mass is 19.4. The van der Waals surface area contributed by atoms with Crippen molar-refractivity contribution in [2.24, 2.45) is 0 Å². The van der Waals surface area contributed by atoms with E-state index in [0.29, 0.717) is 11.1 Å². The number of carbonyl (C=O) groups excluding carboxylic acids is 1. The molecule has 0 aliphatic carbocycles. The van der Waals surface area contributed by atoms with Crippen LogP contribution >= 0.6 is 0 Å². The van der Waals surface area contributed by atoms with Crippen molar-refractivity contribution in [3.8, 4) is 11.5 Å². The molecule has 2 unspecified atom stereocenters. The van der Waals surface area contributed by atoms with Gasteiger partial charge in [-0.3, -0.25) is 9.78 Å². The van der Waals surface area contributed by atoms with Crippen LogP contribution in [-0.4, -0.2) is 31.1 Å². The molecule has 1 aliphatic heterocycles. The van der Waals surface area contributed by atoms with Crippen LogP contribution in [0.2, 0.25) is 0 Å². The van der Waals surface area contributed by atoms with Crippen molar-refractivity contribution in [3.05, 3.63) is 101 Å². The second-order valence-electron chi connectivity index (χ2n) is 8.33. The van der Waals surface area contributed by atoms with E-state index >= 15 is 0 Å². The van der Waals surface area contributed by atoms with Crippen molar-refractivity contribution in [2.45, 2.75) is 31.3 Å². The number of rotatable bonds is 6. The number of aliphatic hydroxyl groups excluding tert-OH is 1. The Morgan fingerprint density at radius 2 is 1.73 bits per heavy atom. The Kier molecular flexibility index (Phi) is 6.20. The normalized spacial score (nSPS) is 15.2. The molecule has 0 fully saturated rings. The molecule has 4 aromatic rings. The summed E-state index contributed by atoms with van der Waals surface area (Å²) in [5, 5.41) is 18.1. The molecule has 1 amide bonds. The number of hydrogen-bond donors (Lipinski definition) is 1. The third-order valence-electron chi connectivity index (χ3n) is 6.01. The minimum absolute atomic E-state index is 0.0378. The molecular weight excluding hydrogens is 499 g/mol. The lowest BCUT2D eigenvalue weighted by molar-refractivity contribution is -0.141. The van der Waals surface area contributed by atoms with E-state index in [2.05, 4.69) is 15.2 Å². The topological polar surface area (TPSA) is 92.4 Å². The Balaban J connectivity index is 1.51. The highest BCUT2D eigenvalue weighted by Crippen LogP contribution is 2.40. The van der Waals surface area contributed by atoms with Crippen LogP contribution in [0.4, 0.5) is 22.0 Å². The lowest BCUT2D eigenvalue weighted by Crippen LogP contribution is -2.33. The van der Waals surface area contributed by atoms with Gasteiger partial charge in [-0.15, -0.1) is 10.2 Å². The minimum Gasteiger partial charge on any atom is -0.415 e.